The zero-order valence-electron chi connectivity index (χ0n) is 11.5. The zero-order chi connectivity index (χ0) is 13.5. The van der Waals surface area contributed by atoms with Gasteiger partial charge in [0.2, 0.25) is 5.91 Å². The van der Waals surface area contributed by atoms with E-state index < -0.39 is 0 Å². The van der Waals surface area contributed by atoms with Crippen LogP contribution in [0.15, 0.2) is 12.1 Å². The lowest BCUT2D eigenvalue weighted by atomic mass is 9.91. The topological polar surface area (TPSA) is 47.6 Å². The third kappa shape index (κ3) is 2.13. The van der Waals surface area contributed by atoms with Crippen LogP contribution in [0.2, 0.25) is 0 Å². The van der Waals surface area contributed by atoms with Crippen molar-refractivity contribution in [2.45, 2.75) is 44.1 Å². The average molecular weight is 273 g/mol. The molecule has 2 aliphatic heterocycles. The molecule has 1 amide bonds. The summed E-state index contributed by atoms with van der Waals surface area (Å²) in [6.07, 6.45) is 4.71. The summed E-state index contributed by atoms with van der Waals surface area (Å²) in [5, 5.41) is 3.05. The van der Waals surface area contributed by atoms with Gasteiger partial charge in [-0.3, -0.25) is 4.79 Å². The third-order valence-corrected chi connectivity index (χ3v) is 4.39. The molecule has 1 saturated carbocycles. The average Bonchev–Trinajstić information content (AvgIpc) is 2.99. The molecular formula is C16H19NO3. The molecule has 4 heteroatoms. The quantitative estimate of drug-likeness (QED) is 0.914. The Morgan fingerprint density at radius 1 is 1.25 bits per heavy atom. The maximum Gasteiger partial charge on any atom is 0.220 e. The largest absolute Gasteiger partial charge is 0.493 e. The number of hydrogen-bond donors (Lipinski definition) is 1. The highest BCUT2D eigenvalue weighted by atomic mass is 16.5. The van der Waals surface area contributed by atoms with Crippen LogP contribution >= 0.6 is 0 Å². The minimum atomic E-state index is 0.185. The second-order valence-corrected chi connectivity index (χ2v) is 5.94. The van der Waals surface area contributed by atoms with Gasteiger partial charge in [-0.1, -0.05) is 0 Å². The first kappa shape index (κ1) is 12.1. The molecule has 0 radical (unpaired) electrons. The molecule has 1 fully saturated rings. The first-order chi connectivity index (χ1) is 9.81. The molecule has 4 rings (SSSR count). The summed E-state index contributed by atoms with van der Waals surface area (Å²) in [4.78, 5) is 11.8. The molecule has 0 bridgehead atoms. The van der Waals surface area contributed by atoms with Gasteiger partial charge in [-0.25, -0.2) is 0 Å². The summed E-state index contributed by atoms with van der Waals surface area (Å²) in [6, 6.07) is 4.46. The van der Waals surface area contributed by atoms with Crippen LogP contribution in [0.25, 0.3) is 0 Å². The molecule has 1 atom stereocenters. The molecule has 4 nitrogen and oxygen atoms in total. The van der Waals surface area contributed by atoms with Crippen LogP contribution in [0.1, 0.15) is 42.7 Å². The second kappa shape index (κ2) is 4.69. The number of rotatable bonds is 4. The fourth-order valence-corrected chi connectivity index (χ4v) is 3.19. The smallest absolute Gasteiger partial charge is 0.220 e. The third-order valence-electron chi connectivity index (χ3n) is 4.39. The summed E-state index contributed by atoms with van der Waals surface area (Å²) in [6.45, 7) is 1.46. The van der Waals surface area contributed by atoms with Gasteiger partial charge in [0.1, 0.15) is 11.5 Å². The van der Waals surface area contributed by atoms with Crippen molar-refractivity contribution in [1.29, 1.82) is 0 Å². The highest BCUT2D eigenvalue weighted by Gasteiger charge is 2.31. The Kier molecular flexibility index (Phi) is 2.83. The lowest BCUT2D eigenvalue weighted by Crippen LogP contribution is -2.25. The number of amides is 1. The normalized spacial score (nSPS) is 22.7. The Morgan fingerprint density at radius 2 is 2.10 bits per heavy atom. The second-order valence-electron chi connectivity index (χ2n) is 5.94. The Balaban J connectivity index is 1.46. The highest BCUT2D eigenvalue weighted by molar-refractivity contribution is 5.76. The molecule has 1 N–H and O–H groups in total. The first-order valence-corrected chi connectivity index (χ1v) is 7.52. The van der Waals surface area contributed by atoms with Crippen molar-refractivity contribution in [2.75, 3.05) is 13.2 Å². The van der Waals surface area contributed by atoms with Crippen LogP contribution in [0.5, 0.6) is 11.5 Å². The summed E-state index contributed by atoms with van der Waals surface area (Å²) >= 11 is 0. The van der Waals surface area contributed by atoms with E-state index in [1.807, 2.05) is 12.1 Å². The maximum absolute atomic E-state index is 11.8. The van der Waals surface area contributed by atoms with Gasteiger partial charge in [-0.05, 0) is 31.4 Å². The monoisotopic (exact) mass is 273 g/mol. The van der Waals surface area contributed by atoms with Crippen molar-refractivity contribution >= 4 is 5.91 Å². The summed E-state index contributed by atoms with van der Waals surface area (Å²) in [5.74, 6) is 2.51. The number of benzene rings is 1. The Hall–Kier alpha value is -1.71. The van der Waals surface area contributed by atoms with E-state index in [4.69, 9.17) is 9.47 Å². The van der Waals surface area contributed by atoms with Crippen molar-refractivity contribution in [2.24, 2.45) is 0 Å². The fourth-order valence-electron chi connectivity index (χ4n) is 3.19. The molecule has 3 aliphatic rings. The SMILES string of the molecule is O=C(CCC1COc2ccc3c(c21)CCO3)NC1CC1. The molecule has 0 spiro atoms. The van der Waals surface area contributed by atoms with Gasteiger partial charge in [0.15, 0.2) is 0 Å². The number of hydrogen-bond acceptors (Lipinski definition) is 3. The van der Waals surface area contributed by atoms with Crippen molar-refractivity contribution < 1.29 is 14.3 Å². The maximum atomic E-state index is 11.8. The number of fused-ring (bicyclic) bond motifs is 3. The van der Waals surface area contributed by atoms with Gasteiger partial charge in [0.25, 0.3) is 0 Å². The lowest BCUT2D eigenvalue weighted by Gasteiger charge is -2.11. The van der Waals surface area contributed by atoms with Crippen LogP contribution in [0, 0.1) is 0 Å². The zero-order valence-corrected chi connectivity index (χ0v) is 11.5. The molecule has 1 aromatic carbocycles. The van der Waals surface area contributed by atoms with Crippen LogP contribution < -0.4 is 14.8 Å². The van der Waals surface area contributed by atoms with Crippen molar-refractivity contribution in [1.82, 2.24) is 5.32 Å². The van der Waals surface area contributed by atoms with Crippen LogP contribution in [0.4, 0.5) is 0 Å². The van der Waals surface area contributed by atoms with Gasteiger partial charge in [0.05, 0.1) is 13.2 Å². The molecule has 20 heavy (non-hydrogen) atoms. The van der Waals surface area contributed by atoms with E-state index in [-0.39, 0.29) is 5.91 Å². The van der Waals surface area contributed by atoms with Crippen LogP contribution in [-0.2, 0) is 11.2 Å². The molecule has 106 valence electrons. The Bertz CT molecular complexity index is 551. The van der Waals surface area contributed by atoms with E-state index in [1.165, 1.54) is 11.1 Å². The van der Waals surface area contributed by atoms with Crippen LogP contribution in [0.3, 0.4) is 0 Å². The Labute approximate surface area is 118 Å². The van der Waals surface area contributed by atoms with Gasteiger partial charge in [0, 0.05) is 35.9 Å². The van der Waals surface area contributed by atoms with Crippen molar-refractivity contribution in [3.05, 3.63) is 23.3 Å². The van der Waals surface area contributed by atoms with E-state index in [9.17, 15) is 4.79 Å². The molecule has 0 aromatic heterocycles. The van der Waals surface area contributed by atoms with Gasteiger partial charge >= 0.3 is 0 Å². The minimum absolute atomic E-state index is 0.185. The van der Waals surface area contributed by atoms with Crippen molar-refractivity contribution in [3.8, 4) is 11.5 Å². The van der Waals surface area contributed by atoms with E-state index >= 15 is 0 Å². The van der Waals surface area contributed by atoms with Crippen LogP contribution in [-0.4, -0.2) is 25.2 Å². The molecule has 1 unspecified atom stereocenters. The standard InChI is InChI=1S/C16H19NO3/c18-15(17-11-2-3-11)6-1-10-9-20-14-5-4-13-12(16(10)14)7-8-19-13/h4-5,10-11H,1-3,6-9H2,(H,17,18). The van der Waals surface area contributed by atoms with E-state index in [2.05, 4.69) is 5.32 Å². The summed E-state index contributed by atoms with van der Waals surface area (Å²) in [7, 11) is 0. The van der Waals surface area contributed by atoms with Crippen molar-refractivity contribution in [3.63, 3.8) is 0 Å². The van der Waals surface area contributed by atoms with Gasteiger partial charge in [-0.15, -0.1) is 0 Å². The number of ether oxygens (including phenoxy) is 2. The summed E-state index contributed by atoms with van der Waals surface area (Å²) in [5.41, 5.74) is 2.59. The molecule has 2 heterocycles. The van der Waals surface area contributed by atoms with E-state index in [0.717, 1.165) is 43.8 Å². The molecule has 1 aliphatic carbocycles. The fraction of sp³-hybridized carbons (Fsp3) is 0.562. The molecule has 0 saturated heterocycles. The number of nitrogens with one attached hydrogen (secondary N) is 1. The lowest BCUT2D eigenvalue weighted by molar-refractivity contribution is -0.121. The number of carbonyl (C=O) groups is 1. The van der Waals surface area contributed by atoms with E-state index in [0.29, 0.717) is 25.0 Å². The van der Waals surface area contributed by atoms with Gasteiger partial charge in [-0.2, -0.15) is 0 Å². The first-order valence-electron chi connectivity index (χ1n) is 7.52. The predicted molar refractivity (Wildman–Crippen MR) is 74.3 cm³/mol. The molecule has 1 aromatic rings. The molecular weight excluding hydrogens is 254 g/mol. The predicted octanol–water partition coefficient (Wildman–Crippen LogP) is 2.16. The highest BCUT2D eigenvalue weighted by Crippen LogP contribution is 2.44. The minimum Gasteiger partial charge on any atom is -0.493 e. The number of carbonyl (C=O) groups excluding carboxylic acids is 1. The Morgan fingerprint density at radius 3 is 2.95 bits per heavy atom. The summed E-state index contributed by atoms with van der Waals surface area (Å²) < 4.78 is 11.4. The van der Waals surface area contributed by atoms with Gasteiger partial charge < -0.3 is 14.8 Å². The van der Waals surface area contributed by atoms with E-state index in [1.54, 1.807) is 0 Å².